The first kappa shape index (κ1) is 9.89. The first-order chi connectivity index (χ1) is 8.25. The van der Waals surface area contributed by atoms with Gasteiger partial charge in [0.1, 0.15) is 5.82 Å². The Morgan fingerprint density at radius 2 is 1.76 bits per heavy atom. The SMILES string of the molecule is Cc1nnc(-c2ccc3nccnc3c2)n1C. The van der Waals surface area contributed by atoms with Crippen LogP contribution in [0.4, 0.5) is 0 Å². The highest BCUT2D eigenvalue weighted by atomic mass is 15.3. The molecule has 0 aliphatic carbocycles. The Balaban J connectivity index is 2.21. The van der Waals surface area contributed by atoms with Gasteiger partial charge in [-0.1, -0.05) is 0 Å². The molecule has 0 N–H and O–H groups in total. The lowest BCUT2D eigenvalue weighted by atomic mass is 10.2. The third-order valence-electron chi connectivity index (χ3n) is 2.82. The predicted octanol–water partition coefficient (Wildman–Crippen LogP) is 1.73. The minimum Gasteiger partial charge on any atom is -0.314 e. The van der Waals surface area contributed by atoms with Crippen LogP contribution in [0.15, 0.2) is 30.6 Å². The van der Waals surface area contributed by atoms with Gasteiger partial charge in [-0.15, -0.1) is 10.2 Å². The van der Waals surface area contributed by atoms with Crippen molar-refractivity contribution in [1.82, 2.24) is 24.7 Å². The number of rotatable bonds is 1. The van der Waals surface area contributed by atoms with Gasteiger partial charge in [0.2, 0.25) is 0 Å². The molecular weight excluding hydrogens is 214 g/mol. The van der Waals surface area contributed by atoms with E-state index < -0.39 is 0 Å². The number of nitrogens with zero attached hydrogens (tertiary/aromatic N) is 5. The molecule has 0 bridgehead atoms. The van der Waals surface area contributed by atoms with Gasteiger partial charge in [0.15, 0.2) is 5.82 Å². The van der Waals surface area contributed by atoms with E-state index in [-0.39, 0.29) is 0 Å². The van der Waals surface area contributed by atoms with Crippen LogP contribution >= 0.6 is 0 Å². The first-order valence-electron chi connectivity index (χ1n) is 5.33. The Morgan fingerprint density at radius 1 is 1.00 bits per heavy atom. The number of hydrogen-bond donors (Lipinski definition) is 0. The first-order valence-corrected chi connectivity index (χ1v) is 5.33. The fourth-order valence-electron chi connectivity index (χ4n) is 1.76. The van der Waals surface area contributed by atoms with E-state index in [2.05, 4.69) is 20.2 Å². The monoisotopic (exact) mass is 225 g/mol. The molecule has 5 nitrogen and oxygen atoms in total. The van der Waals surface area contributed by atoms with E-state index >= 15 is 0 Å². The molecule has 0 radical (unpaired) electrons. The standard InChI is InChI=1S/C12H11N5/c1-8-15-16-12(17(8)2)9-3-4-10-11(7-9)14-6-5-13-10/h3-7H,1-2H3. The van der Waals surface area contributed by atoms with Crippen LogP contribution in [0.3, 0.4) is 0 Å². The summed E-state index contributed by atoms with van der Waals surface area (Å²) in [5.74, 6) is 1.73. The molecule has 2 heterocycles. The van der Waals surface area contributed by atoms with Gasteiger partial charge >= 0.3 is 0 Å². The second kappa shape index (κ2) is 3.62. The van der Waals surface area contributed by atoms with E-state index in [4.69, 9.17) is 0 Å². The Labute approximate surface area is 98.2 Å². The molecule has 0 unspecified atom stereocenters. The summed E-state index contributed by atoms with van der Waals surface area (Å²) < 4.78 is 1.96. The molecule has 84 valence electrons. The highest BCUT2D eigenvalue weighted by molar-refractivity contribution is 5.79. The molecule has 0 amide bonds. The highest BCUT2D eigenvalue weighted by Crippen LogP contribution is 2.20. The molecule has 1 aromatic carbocycles. The minimum absolute atomic E-state index is 0.843. The lowest BCUT2D eigenvalue weighted by Crippen LogP contribution is -1.95. The van der Waals surface area contributed by atoms with Crippen molar-refractivity contribution in [2.75, 3.05) is 0 Å². The van der Waals surface area contributed by atoms with Gasteiger partial charge in [0.05, 0.1) is 11.0 Å². The molecule has 0 saturated carbocycles. The Bertz CT molecular complexity index is 686. The van der Waals surface area contributed by atoms with Gasteiger partial charge in [-0.05, 0) is 25.1 Å². The molecule has 3 aromatic rings. The number of fused-ring (bicyclic) bond motifs is 1. The Kier molecular flexibility index (Phi) is 2.11. The number of aromatic nitrogens is 5. The van der Waals surface area contributed by atoms with Gasteiger partial charge in [0.25, 0.3) is 0 Å². The molecule has 0 fully saturated rings. The van der Waals surface area contributed by atoms with Crippen molar-refractivity contribution in [2.24, 2.45) is 7.05 Å². The average molecular weight is 225 g/mol. The largest absolute Gasteiger partial charge is 0.314 e. The van der Waals surface area contributed by atoms with Crippen molar-refractivity contribution in [2.45, 2.75) is 6.92 Å². The summed E-state index contributed by atoms with van der Waals surface area (Å²) in [6, 6.07) is 5.91. The molecule has 17 heavy (non-hydrogen) atoms. The number of aryl methyl sites for hydroxylation is 1. The third-order valence-corrected chi connectivity index (χ3v) is 2.82. The Morgan fingerprint density at radius 3 is 2.47 bits per heavy atom. The second-order valence-electron chi connectivity index (χ2n) is 3.89. The van der Waals surface area contributed by atoms with Crippen molar-refractivity contribution < 1.29 is 0 Å². The lowest BCUT2D eigenvalue weighted by Gasteiger charge is -2.02. The van der Waals surface area contributed by atoms with Gasteiger partial charge in [-0.25, -0.2) is 0 Å². The normalized spacial score (nSPS) is 10.9. The van der Waals surface area contributed by atoms with Crippen LogP contribution in [-0.4, -0.2) is 24.7 Å². The van der Waals surface area contributed by atoms with E-state index in [1.807, 2.05) is 36.7 Å². The van der Waals surface area contributed by atoms with Crippen LogP contribution in [0.2, 0.25) is 0 Å². The summed E-state index contributed by atoms with van der Waals surface area (Å²) in [6.07, 6.45) is 3.38. The summed E-state index contributed by atoms with van der Waals surface area (Å²) >= 11 is 0. The summed E-state index contributed by atoms with van der Waals surface area (Å²) in [6.45, 7) is 1.93. The average Bonchev–Trinajstić information content (AvgIpc) is 2.70. The fraction of sp³-hybridized carbons (Fsp3) is 0.167. The topological polar surface area (TPSA) is 56.5 Å². The molecule has 0 spiro atoms. The third kappa shape index (κ3) is 1.56. The van der Waals surface area contributed by atoms with E-state index in [0.717, 1.165) is 28.2 Å². The van der Waals surface area contributed by atoms with Crippen LogP contribution in [0, 0.1) is 6.92 Å². The second-order valence-corrected chi connectivity index (χ2v) is 3.89. The summed E-state index contributed by atoms with van der Waals surface area (Å²) in [7, 11) is 1.95. The molecule has 0 aliphatic rings. The van der Waals surface area contributed by atoms with Crippen LogP contribution in [-0.2, 0) is 7.05 Å². The maximum Gasteiger partial charge on any atom is 0.163 e. The minimum atomic E-state index is 0.843. The van der Waals surface area contributed by atoms with E-state index in [0.29, 0.717) is 0 Å². The highest BCUT2D eigenvalue weighted by Gasteiger charge is 2.08. The molecule has 0 saturated heterocycles. The van der Waals surface area contributed by atoms with Gasteiger partial charge in [-0.2, -0.15) is 0 Å². The maximum absolute atomic E-state index is 4.28. The quantitative estimate of drug-likeness (QED) is 0.633. The Hall–Kier alpha value is -2.30. The maximum atomic E-state index is 4.28. The molecule has 2 aromatic heterocycles. The van der Waals surface area contributed by atoms with E-state index in [1.54, 1.807) is 12.4 Å². The number of hydrogen-bond acceptors (Lipinski definition) is 4. The van der Waals surface area contributed by atoms with Crippen molar-refractivity contribution >= 4 is 11.0 Å². The van der Waals surface area contributed by atoms with Gasteiger partial charge < -0.3 is 4.57 Å². The van der Waals surface area contributed by atoms with E-state index in [9.17, 15) is 0 Å². The zero-order valence-corrected chi connectivity index (χ0v) is 9.62. The predicted molar refractivity (Wildman–Crippen MR) is 64.3 cm³/mol. The van der Waals surface area contributed by atoms with E-state index in [1.165, 1.54) is 0 Å². The van der Waals surface area contributed by atoms with Crippen LogP contribution in [0.25, 0.3) is 22.4 Å². The summed E-state index contributed by atoms with van der Waals surface area (Å²) in [4.78, 5) is 8.52. The van der Waals surface area contributed by atoms with Gasteiger partial charge in [0, 0.05) is 25.0 Å². The molecular formula is C12H11N5. The van der Waals surface area contributed by atoms with Crippen molar-refractivity contribution in [1.29, 1.82) is 0 Å². The zero-order valence-electron chi connectivity index (χ0n) is 9.62. The fourth-order valence-corrected chi connectivity index (χ4v) is 1.76. The molecule has 0 atom stereocenters. The number of benzene rings is 1. The van der Waals surface area contributed by atoms with Gasteiger partial charge in [-0.3, -0.25) is 9.97 Å². The van der Waals surface area contributed by atoms with Crippen LogP contribution < -0.4 is 0 Å². The van der Waals surface area contributed by atoms with Crippen LogP contribution in [0.1, 0.15) is 5.82 Å². The molecule has 5 heteroatoms. The lowest BCUT2D eigenvalue weighted by molar-refractivity contribution is 0.865. The van der Waals surface area contributed by atoms with Crippen LogP contribution in [0.5, 0.6) is 0 Å². The van der Waals surface area contributed by atoms with Crippen molar-refractivity contribution in [3.05, 3.63) is 36.4 Å². The smallest absolute Gasteiger partial charge is 0.163 e. The molecule has 0 aliphatic heterocycles. The summed E-state index contributed by atoms with van der Waals surface area (Å²) in [5, 5.41) is 8.21. The summed E-state index contributed by atoms with van der Waals surface area (Å²) in [5.41, 5.74) is 2.75. The van der Waals surface area contributed by atoms with Crippen molar-refractivity contribution in [3.8, 4) is 11.4 Å². The van der Waals surface area contributed by atoms with Crippen molar-refractivity contribution in [3.63, 3.8) is 0 Å². The zero-order chi connectivity index (χ0) is 11.8. The molecule has 3 rings (SSSR count).